The molecule has 0 fully saturated rings. The van der Waals surface area contributed by atoms with E-state index in [1.807, 2.05) is 13.8 Å². The summed E-state index contributed by atoms with van der Waals surface area (Å²) in [6.07, 6.45) is -0.758. The largest absolute Gasteiger partial charge is 0.485 e. The zero-order valence-electron chi connectivity index (χ0n) is 11.1. The third-order valence-corrected chi connectivity index (χ3v) is 3.35. The number of rotatable bonds is 1. The smallest absolute Gasteiger partial charge is 0.132 e. The molecule has 0 saturated heterocycles. The van der Waals surface area contributed by atoms with Gasteiger partial charge in [-0.15, -0.1) is 0 Å². The van der Waals surface area contributed by atoms with Gasteiger partial charge in [0.2, 0.25) is 0 Å². The number of nitrogens with one attached hydrogen (secondary N) is 1. The second kappa shape index (κ2) is 4.80. The Morgan fingerprint density at radius 1 is 1.53 bits per heavy atom. The quantitative estimate of drug-likeness (QED) is 0.769. The molecule has 1 aromatic rings. The maximum atomic E-state index is 10.4. The highest BCUT2D eigenvalue weighted by atomic mass is 32.1. The number of fused-ring (bicyclic) bond motifs is 1. The van der Waals surface area contributed by atoms with Crippen molar-refractivity contribution in [3.05, 3.63) is 29.3 Å². The van der Waals surface area contributed by atoms with Crippen LogP contribution in [0, 0.1) is 11.3 Å². The summed E-state index contributed by atoms with van der Waals surface area (Å²) in [4.78, 5) is 0.593. The highest BCUT2D eigenvalue weighted by Crippen LogP contribution is 2.40. The molecule has 4 nitrogen and oxygen atoms in total. The Hall–Kier alpha value is -1.64. The highest BCUT2D eigenvalue weighted by molar-refractivity contribution is 7.80. The van der Waals surface area contributed by atoms with Crippen LogP contribution in [-0.4, -0.2) is 21.8 Å². The van der Waals surface area contributed by atoms with E-state index in [4.69, 9.17) is 22.2 Å². The Labute approximate surface area is 118 Å². The minimum absolute atomic E-state index is 0.371. The summed E-state index contributed by atoms with van der Waals surface area (Å²) >= 11 is 5.07. The maximum Gasteiger partial charge on any atom is 0.132 e. The molecule has 19 heavy (non-hydrogen) atoms. The van der Waals surface area contributed by atoms with E-state index in [-0.39, 0.29) is 6.04 Å². The molecule has 0 aromatic heterocycles. The van der Waals surface area contributed by atoms with Gasteiger partial charge >= 0.3 is 0 Å². The summed E-state index contributed by atoms with van der Waals surface area (Å²) in [7, 11) is 0. The van der Waals surface area contributed by atoms with Crippen LogP contribution in [0.2, 0.25) is 0 Å². The first-order chi connectivity index (χ1) is 8.85. The lowest BCUT2D eigenvalue weighted by Crippen LogP contribution is -2.53. The molecule has 5 heteroatoms. The van der Waals surface area contributed by atoms with Crippen LogP contribution in [0.1, 0.15) is 37.9 Å². The SMILES string of the molecule is CC(=S)N[C@@H]1c2cc(C#N)ccc2OC(C)(C)[C@H]1O. The zero-order valence-corrected chi connectivity index (χ0v) is 11.9. The van der Waals surface area contributed by atoms with Crippen molar-refractivity contribution in [1.82, 2.24) is 5.32 Å². The van der Waals surface area contributed by atoms with Crippen LogP contribution in [0.4, 0.5) is 0 Å². The van der Waals surface area contributed by atoms with Gasteiger partial charge in [-0.25, -0.2) is 0 Å². The van der Waals surface area contributed by atoms with Crippen LogP contribution in [-0.2, 0) is 0 Å². The van der Waals surface area contributed by atoms with Gasteiger partial charge in [0.1, 0.15) is 17.5 Å². The van der Waals surface area contributed by atoms with Crippen molar-refractivity contribution in [3.8, 4) is 11.8 Å². The van der Waals surface area contributed by atoms with Crippen molar-refractivity contribution >= 4 is 17.2 Å². The minimum Gasteiger partial charge on any atom is -0.485 e. The first-order valence-electron chi connectivity index (χ1n) is 6.03. The fourth-order valence-electron chi connectivity index (χ4n) is 2.24. The standard InChI is InChI=1S/C14H16N2O2S/c1-8(19)16-12-10-6-9(7-15)4-5-11(10)18-14(2,3)13(12)17/h4-6,12-13,17H,1-3H3,(H,16,19)/t12-,13+/m1/s1. The minimum atomic E-state index is -0.758. The van der Waals surface area contributed by atoms with Crippen LogP contribution in [0.25, 0.3) is 0 Å². The van der Waals surface area contributed by atoms with Crippen LogP contribution < -0.4 is 10.1 Å². The van der Waals surface area contributed by atoms with Gasteiger partial charge in [-0.3, -0.25) is 0 Å². The van der Waals surface area contributed by atoms with Crippen LogP contribution in [0.5, 0.6) is 5.75 Å². The van der Waals surface area contributed by atoms with Crippen molar-refractivity contribution in [1.29, 1.82) is 5.26 Å². The molecule has 1 aromatic carbocycles. The molecule has 2 N–H and O–H groups in total. The number of benzene rings is 1. The lowest BCUT2D eigenvalue weighted by Gasteiger charge is -2.42. The Morgan fingerprint density at radius 2 is 2.21 bits per heavy atom. The third kappa shape index (κ3) is 2.55. The van der Waals surface area contributed by atoms with Gasteiger partial charge in [-0.1, -0.05) is 12.2 Å². The summed E-state index contributed by atoms with van der Waals surface area (Å²) in [6, 6.07) is 6.90. The summed E-state index contributed by atoms with van der Waals surface area (Å²) in [5.41, 5.74) is 0.571. The Balaban J connectivity index is 2.52. The second-order valence-electron chi connectivity index (χ2n) is 5.19. The molecule has 0 unspecified atom stereocenters. The van der Waals surface area contributed by atoms with E-state index in [2.05, 4.69) is 11.4 Å². The third-order valence-electron chi connectivity index (χ3n) is 3.23. The number of ether oxygens (including phenoxy) is 1. The summed E-state index contributed by atoms with van der Waals surface area (Å²) in [6.45, 7) is 5.41. The summed E-state index contributed by atoms with van der Waals surface area (Å²) < 4.78 is 5.80. The van der Waals surface area contributed by atoms with Gasteiger partial charge in [0, 0.05) is 5.56 Å². The first kappa shape index (κ1) is 13.8. The molecule has 2 atom stereocenters. The highest BCUT2D eigenvalue weighted by Gasteiger charge is 2.43. The number of thiocarbonyl (C=S) groups is 1. The number of aliphatic hydroxyl groups excluding tert-OH is 1. The Bertz CT molecular complexity index is 563. The van der Waals surface area contributed by atoms with Crippen molar-refractivity contribution in [3.63, 3.8) is 0 Å². The summed E-state index contributed by atoms with van der Waals surface area (Å²) in [5.74, 6) is 0.669. The molecule has 0 radical (unpaired) electrons. The lowest BCUT2D eigenvalue weighted by atomic mass is 9.86. The van der Waals surface area contributed by atoms with E-state index in [1.54, 1.807) is 25.1 Å². The number of hydrogen-bond acceptors (Lipinski definition) is 4. The molecule has 1 aliphatic heterocycles. The normalized spacial score (nSPS) is 23.7. The van der Waals surface area contributed by atoms with Crippen LogP contribution in [0.3, 0.4) is 0 Å². The molecular weight excluding hydrogens is 260 g/mol. The zero-order chi connectivity index (χ0) is 14.2. The van der Waals surface area contributed by atoms with Crippen molar-refractivity contribution in [2.24, 2.45) is 0 Å². The maximum absolute atomic E-state index is 10.4. The second-order valence-corrected chi connectivity index (χ2v) is 5.81. The van der Waals surface area contributed by atoms with Gasteiger partial charge in [0.05, 0.1) is 22.7 Å². The van der Waals surface area contributed by atoms with Gasteiger partial charge < -0.3 is 15.2 Å². The van der Waals surface area contributed by atoms with Gasteiger partial charge in [-0.05, 0) is 39.0 Å². The Kier molecular flexibility index (Phi) is 3.48. The van der Waals surface area contributed by atoms with E-state index < -0.39 is 11.7 Å². The average molecular weight is 276 g/mol. The number of nitriles is 1. The monoisotopic (exact) mass is 276 g/mol. The fraction of sp³-hybridized carbons (Fsp3) is 0.429. The molecule has 1 aliphatic rings. The predicted octanol–water partition coefficient (Wildman–Crippen LogP) is 2.07. The van der Waals surface area contributed by atoms with Crippen molar-refractivity contribution in [2.45, 2.75) is 38.5 Å². The van der Waals surface area contributed by atoms with E-state index in [0.29, 0.717) is 16.3 Å². The fourth-order valence-corrected chi connectivity index (χ4v) is 2.37. The van der Waals surface area contributed by atoms with Crippen LogP contribution >= 0.6 is 12.2 Å². The van der Waals surface area contributed by atoms with Gasteiger partial charge in [0.15, 0.2) is 0 Å². The molecule has 0 spiro atoms. The first-order valence-corrected chi connectivity index (χ1v) is 6.44. The Morgan fingerprint density at radius 3 is 2.79 bits per heavy atom. The molecule has 2 rings (SSSR count). The number of nitrogens with zero attached hydrogens (tertiary/aromatic N) is 1. The molecule has 0 amide bonds. The molecule has 0 saturated carbocycles. The molecule has 1 heterocycles. The van der Waals surface area contributed by atoms with E-state index in [1.165, 1.54) is 0 Å². The van der Waals surface area contributed by atoms with Gasteiger partial charge in [-0.2, -0.15) is 5.26 Å². The number of hydrogen-bond donors (Lipinski definition) is 2. The average Bonchev–Trinajstić information content (AvgIpc) is 2.34. The van der Waals surface area contributed by atoms with Crippen LogP contribution in [0.15, 0.2) is 18.2 Å². The van der Waals surface area contributed by atoms with E-state index in [9.17, 15) is 5.11 Å². The molecule has 100 valence electrons. The van der Waals surface area contributed by atoms with Crippen molar-refractivity contribution in [2.75, 3.05) is 0 Å². The van der Waals surface area contributed by atoms with Crippen molar-refractivity contribution < 1.29 is 9.84 Å². The van der Waals surface area contributed by atoms with E-state index in [0.717, 1.165) is 5.56 Å². The molecule has 0 bridgehead atoms. The number of aliphatic hydroxyl groups is 1. The summed E-state index contributed by atoms with van der Waals surface area (Å²) in [5, 5.41) is 22.5. The molecular formula is C14H16N2O2S. The topological polar surface area (TPSA) is 65.3 Å². The van der Waals surface area contributed by atoms with E-state index >= 15 is 0 Å². The van der Waals surface area contributed by atoms with Gasteiger partial charge in [0.25, 0.3) is 0 Å². The predicted molar refractivity (Wildman–Crippen MR) is 76.0 cm³/mol. The lowest BCUT2D eigenvalue weighted by molar-refractivity contribution is -0.0609. The molecule has 0 aliphatic carbocycles.